The molecular formula is C16H15F3N6O. The molecule has 0 saturated carbocycles. The predicted octanol–water partition coefficient (Wildman–Crippen LogP) is 1.99. The van der Waals surface area contributed by atoms with Gasteiger partial charge in [0.2, 0.25) is 5.95 Å². The molecule has 0 aliphatic carbocycles. The third-order valence-corrected chi connectivity index (χ3v) is 4.31. The second-order valence-electron chi connectivity index (χ2n) is 6.14. The number of benzene rings is 1. The molecule has 0 bridgehead atoms. The molecule has 1 atom stereocenters. The summed E-state index contributed by atoms with van der Waals surface area (Å²) in [6, 6.07) is 4.83. The summed E-state index contributed by atoms with van der Waals surface area (Å²) in [4.78, 5) is 10.2. The van der Waals surface area contributed by atoms with Gasteiger partial charge in [0.1, 0.15) is 5.82 Å². The summed E-state index contributed by atoms with van der Waals surface area (Å²) in [5, 5.41) is 14.5. The highest BCUT2D eigenvalue weighted by Gasteiger charge is 2.31. The quantitative estimate of drug-likeness (QED) is 0.722. The van der Waals surface area contributed by atoms with Crippen LogP contribution in [0.2, 0.25) is 0 Å². The van der Waals surface area contributed by atoms with Gasteiger partial charge in [0.25, 0.3) is 0 Å². The molecule has 1 aromatic carbocycles. The first-order chi connectivity index (χ1) is 12.3. The van der Waals surface area contributed by atoms with Crippen molar-refractivity contribution in [2.24, 2.45) is 0 Å². The van der Waals surface area contributed by atoms with E-state index in [4.69, 9.17) is 5.73 Å². The van der Waals surface area contributed by atoms with Gasteiger partial charge in [0, 0.05) is 13.1 Å². The third-order valence-electron chi connectivity index (χ3n) is 4.31. The monoisotopic (exact) mass is 364 g/mol. The summed E-state index contributed by atoms with van der Waals surface area (Å²) in [5.41, 5.74) is 5.56. The summed E-state index contributed by atoms with van der Waals surface area (Å²) >= 11 is 0. The van der Waals surface area contributed by atoms with Gasteiger partial charge in [-0.2, -0.15) is 28.2 Å². The van der Waals surface area contributed by atoms with Crippen LogP contribution in [0.5, 0.6) is 0 Å². The second kappa shape index (κ2) is 5.84. The Kier molecular flexibility index (Phi) is 3.72. The molecule has 26 heavy (non-hydrogen) atoms. The van der Waals surface area contributed by atoms with E-state index in [1.807, 2.05) is 4.90 Å². The fraction of sp³-hybridized carbons (Fsp3) is 0.312. The third kappa shape index (κ3) is 2.81. The molecule has 0 spiro atoms. The molecule has 1 fully saturated rings. The lowest BCUT2D eigenvalue weighted by Gasteiger charge is -2.17. The summed E-state index contributed by atoms with van der Waals surface area (Å²) < 4.78 is 40.3. The minimum absolute atomic E-state index is 0.0115. The maximum Gasteiger partial charge on any atom is 0.416 e. The highest BCUT2D eigenvalue weighted by atomic mass is 19.4. The highest BCUT2D eigenvalue weighted by Crippen LogP contribution is 2.32. The van der Waals surface area contributed by atoms with Crippen LogP contribution < -0.4 is 10.6 Å². The number of nitrogens with two attached hydrogens (primary N) is 1. The van der Waals surface area contributed by atoms with Crippen molar-refractivity contribution in [3.05, 3.63) is 36.0 Å². The lowest BCUT2D eigenvalue weighted by Crippen LogP contribution is -2.23. The molecule has 3 aromatic rings. The summed E-state index contributed by atoms with van der Waals surface area (Å²) in [6.45, 7) is 1.00. The Hall–Kier alpha value is -2.88. The Morgan fingerprint density at radius 2 is 2.04 bits per heavy atom. The van der Waals surface area contributed by atoms with Crippen molar-refractivity contribution in [3.63, 3.8) is 0 Å². The first-order valence-corrected chi connectivity index (χ1v) is 7.95. The van der Waals surface area contributed by atoms with E-state index in [1.165, 1.54) is 23.0 Å². The zero-order valence-electron chi connectivity index (χ0n) is 13.5. The van der Waals surface area contributed by atoms with E-state index in [9.17, 15) is 18.3 Å². The van der Waals surface area contributed by atoms with Crippen LogP contribution in [0.25, 0.3) is 16.7 Å². The largest absolute Gasteiger partial charge is 0.416 e. The fourth-order valence-electron chi connectivity index (χ4n) is 3.09. The molecule has 1 aliphatic rings. The van der Waals surface area contributed by atoms with Crippen molar-refractivity contribution in [1.82, 2.24) is 19.7 Å². The number of halogens is 3. The van der Waals surface area contributed by atoms with Crippen LogP contribution in [-0.4, -0.2) is 44.0 Å². The molecule has 0 radical (unpaired) electrons. The maximum atomic E-state index is 13.0. The normalized spacial score (nSPS) is 18.0. The Bertz CT molecular complexity index is 970. The predicted molar refractivity (Wildman–Crippen MR) is 88.9 cm³/mol. The number of β-amino-alcohol motifs (C(OH)–C–C–N with tert-alkyl or cyclic N) is 1. The van der Waals surface area contributed by atoms with Crippen LogP contribution in [0.4, 0.5) is 24.9 Å². The van der Waals surface area contributed by atoms with Gasteiger partial charge >= 0.3 is 6.18 Å². The van der Waals surface area contributed by atoms with Crippen LogP contribution in [0.15, 0.2) is 30.5 Å². The molecule has 1 aliphatic heterocycles. The molecule has 3 heterocycles. The van der Waals surface area contributed by atoms with E-state index in [-0.39, 0.29) is 11.6 Å². The first-order valence-electron chi connectivity index (χ1n) is 7.95. The van der Waals surface area contributed by atoms with Crippen molar-refractivity contribution in [3.8, 4) is 5.69 Å². The van der Waals surface area contributed by atoms with E-state index in [0.717, 1.165) is 12.1 Å². The second-order valence-corrected chi connectivity index (χ2v) is 6.14. The number of fused-ring (bicyclic) bond motifs is 1. The fourth-order valence-corrected chi connectivity index (χ4v) is 3.09. The van der Waals surface area contributed by atoms with E-state index in [1.54, 1.807) is 0 Å². The van der Waals surface area contributed by atoms with Crippen LogP contribution in [0.1, 0.15) is 12.0 Å². The zero-order valence-corrected chi connectivity index (χ0v) is 13.5. The molecular weight excluding hydrogens is 349 g/mol. The molecule has 4 rings (SSSR count). The number of hydrogen-bond donors (Lipinski definition) is 2. The van der Waals surface area contributed by atoms with Crippen LogP contribution in [0.3, 0.4) is 0 Å². The standard InChI is InChI=1S/C16H15F3N6O/c17-16(18,19)9-2-1-3-10(6-9)25-14-12(7-21-25)13(22-15(20)23-14)24-5-4-11(26)8-24/h1-3,6-7,11,26H,4-5,8H2,(H2,20,22,23). The number of aliphatic hydroxyl groups is 1. The maximum absolute atomic E-state index is 13.0. The van der Waals surface area contributed by atoms with Gasteiger partial charge in [0.05, 0.1) is 28.9 Å². The van der Waals surface area contributed by atoms with E-state index >= 15 is 0 Å². The number of hydrogen-bond acceptors (Lipinski definition) is 6. The van der Waals surface area contributed by atoms with Crippen molar-refractivity contribution in [2.75, 3.05) is 23.7 Å². The van der Waals surface area contributed by atoms with Crippen molar-refractivity contribution in [1.29, 1.82) is 0 Å². The van der Waals surface area contributed by atoms with Gasteiger partial charge in [-0.1, -0.05) is 6.07 Å². The molecule has 3 N–H and O–H groups in total. The molecule has 2 aromatic heterocycles. The van der Waals surface area contributed by atoms with Gasteiger partial charge in [-0.05, 0) is 24.6 Å². The molecule has 1 unspecified atom stereocenters. The van der Waals surface area contributed by atoms with Gasteiger partial charge in [0.15, 0.2) is 5.65 Å². The topological polar surface area (TPSA) is 93.1 Å². The van der Waals surface area contributed by atoms with Gasteiger partial charge < -0.3 is 15.7 Å². The SMILES string of the molecule is Nc1nc(N2CCC(O)C2)c2cnn(-c3cccc(C(F)(F)F)c3)c2n1. The minimum Gasteiger partial charge on any atom is -0.391 e. The summed E-state index contributed by atoms with van der Waals surface area (Å²) in [6.07, 6.45) is -2.81. The van der Waals surface area contributed by atoms with Crippen LogP contribution in [0, 0.1) is 0 Å². The van der Waals surface area contributed by atoms with Gasteiger partial charge in [-0.3, -0.25) is 0 Å². The summed E-state index contributed by atoms with van der Waals surface area (Å²) in [5.74, 6) is 0.505. The number of aliphatic hydroxyl groups excluding tert-OH is 1. The van der Waals surface area contributed by atoms with Crippen molar-refractivity contribution < 1.29 is 18.3 Å². The van der Waals surface area contributed by atoms with E-state index in [0.29, 0.717) is 36.4 Å². The number of nitrogens with zero attached hydrogens (tertiary/aromatic N) is 5. The summed E-state index contributed by atoms with van der Waals surface area (Å²) in [7, 11) is 0. The van der Waals surface area contributed by atoms with Crippen LogP contribution >= 0.6 is 0 Å². The van der Waals surface area contributed by atoms with Crippen molar-refractivity contribution in [2.45, 2.75) is 18.7 Å². The Morgan fingerprint density at radius 3 is 2.73 bits per heavy atom. The molecule has 0 amide bonds. The average Bonchev–Trinajstić information content (AvgIpc) is 3.19. The highest BCUT2D eigenvalue weighted by molar-refractivity contribution is 5.89. The molecule has 1 saturated heterocycles. The van der Waals surface area contributed by atoms with Crippen molar-refractivity contribution >= 4 is 22.8 Å². The van der Waals surface area contributed by atoms with Crippen LogP contribution in [-0.2, 0) is 6.18 Å². The first kappa shape index (κ1) is 16.6. The van der Waals surface area contributed by atoms with Gasteiger partial charge in [-0.15, -0.1) is 0 Å². The lowest BCUT2D eigenvalue weighted by molar-refractivity contribution is -0.137. The minimum atomic E-state index is -4.45. The molecule has 136 valence electrons. The molecule has 10 heteroatoms. The number of aromatic nitrogens is 4. The lowest BCUT2D eigenvalue weighted by atomic mass is 10.2. The Labute approximate surface area is 145 Å². The average molecular weight is 364 g/mol. The smallest absolute Gasteiger partial charge is 0.391 e. The number of anilines is 2. The Balaban J connectivity index is 1.84. The van der Waals surface area contributed by atoms with Gasteiger partial charge in [-0.25, -0.2) is 4.68 Å². The number of rotatable bonds is 2. The number of nitrogen functional groups attached to an aromatic ring is 1. The Morgan fingerprint density at radius 1 is 1.23 bits per heavy atom. The molecule has 7 nitrogen and oxygen atoms in total. The van der Waals surface area contributed by atoms with E-state index < -0.39 is 17.8 Å². The number of alkyl halides is 3. The van der Waals surface area contributed by atoms with E-state index in [2.05, 4.69) is 15.1 Å². The zero-order chi connectivity index (χ0) is 18.5.